The van der Waals surface area contributed by atoms with Crippen molar-refractivity contribution in [2.45, 2.75) is 139 Å². The van der Waals surface area contributed by atoms with Gasteiger partial charge < -0.3 is 4.74 Å². The molecule has 0 spiro atoms. The zero-order valence-electron chi connectivity index (χ0n) is 24.0. The predicted octanol–water partition coefficient (Wildman–Crippen LogP) is 8.82. The van der Waals surface area contributed by atoms with E-state index >= 15 is 0 Å². The Bertz CT molecular complexity index is 842. The molecule has 194 valence electrons. The lowest BCUT2D eigenvalue weighted by molar-refractivity contribution is -0.247. The highest BCUT2D eigenvalue weighted by atomic mass is 16.5. The Kier molecular flexibility index (Phi) is 5.55. The Labute approximate surface area is 210 Å². The van der Waals surface area contributed by atoms with E-state index in [9.17, 15) is 4.79 Å². The van der Waals surface area contributed by atoms with Crippen LogP contribution >= 0.6 is 0 Å². The van der Waals surface area contributed by atoms with Gasteiger partial charge >= 0.3 is 5.97 Å². The molecule has 5 rings (SSSR count). The molecule has 0 heterocycles. The van der Waals surface area contributed by atoms with Gasteiger partial charge in [-0.25, -0.2) is 0 Å². The molecule has 5 fully saturated rings. The highest BCUT2D eigenvalue weighted by molar-refractivity contribution is 5.66. The second kappa shape index (κ2) is 7.50. The van der Waals surface area contributed by atoms with Gasteiger partial charge in [0.2, 0.25) is 0 Å². The molecule has 2 heteroatoms. The van der Waals surface area contributed by atoms with E-state index in [1.54, 1.807) is 6.92 Å². The van der Waals surface area contributed by atoms with Gasteiger partial charge in [0.1, 0.15) is 6.10 Å². The van der Waals surface area contributed by atoms with Crippen LogP contribution in [0, 0.1) is 56.2 Å². The van der Waals surface area contributed by atoms with E-state index < -0.39 is 0 Å². The third-order valence-electron chi connectivity index (χ3n) is 13.7. The molecule has 0 radical (unpaired) electrons. The SMILES string of the molecule is CC(=O)O[C@H]1CC[C@]2(C)[C@H]3CC[C@]4(C)[C@H](CC[C@]5(C)CCC(C)(C)C[C@@H]54)[C@@]3(C)CC[C@H]2C1(C)C. The van der Waals surface area contributed by atoms with Crippen LogP contribution in [0.4, 0.5) is 0 Å². The van der Waals surface area contributed by atoms with Crippen molar-refractivity contribution < 1.29 is 9.53 Å². The lowest BCUT2D eigenvalue weighted by Gasteiger charge is -2.73. The maximum atomic E-state index is 11.9. The summed E-state index contributed by atoms with van der Waals surface area (Å²) in [5, 5.41) is 0. The van der Waals surface area contributed by atoms with E-state index in [1.165, 1.54) is 64.2 Å². The number of rotatable bonds is 1. The standard InChI is InChI=1S/C32H54O2/c1-21(33)34-26-13-17-30(7)22(28(26,4)5)11-15-31(8)23-10-14-29(6)19-18-27(2,3)20-25(29)32(23,9)16-12-24(30)31/h22-26H,10-20H2,1-9H3/t22-,23+,24+,25-,26-,29+,30-,31+,32+/m0/s1. The first kappa shape index (κ1) is 25.1. The second-order valence-corrected chi connectivity index (χ2v) is 16.3. The number of ether oxygens (including phenoxy) is 1. The Balaban J connectivity index is 1.48. The Morgan fingerprint density at radius 1 is 0.618 bits per heavy atom. The van der Waals surface area contributed by atoms with E-state index in [0.717, 1.165) is 24.2 Å². The molecule has 0 aromatic carbocycles. The van der Waals surface area contributed by atoms with Crippen LogP contribution in [0.5, 0.6) is 0 Å². The maximum Gasteiger partial charge on any atom is 0.302 e. The monoisotopic (exact) mass is 470 g/mol. The van der Waals surface area contributed by atoms with E-state index in [0.29, 0.717) is 33.0 Å². The summed E-state index contributed by atoms with van der Waals surface area (Å²) in [4.78, 5) is 11.9. The van der Waals surface area contributed by atoms with Crippen LogP contribution in [0.15, 0.2) is 0 Å². The molecule has 2 nitrogen and oxygen atoms in total. The average molecular weight is 471 g/mol. The first-order valence-electron chi connectivity index (χ1n) is 14.8. The number of fused-ring (bicyclic) bond motifs is 7. The van der Waals surface area contributed by atoms with Crippen molar-refractivity contribution in [2.75, 3.05) is 0 Å². The van der Waals surface area contributed by atoms with Crippen LogP contribution < -0.4 is 0 Å². The highest BCUT2D eigenvalue weighted by Crippen LogP contribution is 2.76. The summed E-state index contributed by atoms with van der Waals surface area (Å²) >= 11 is 0. The van der Waals surface area contributed by atoms with Gasteiger partial charge in [-0.05, 0) is 121 Å². The van der Waals surface area contributed by atoms with Gasteiger partial charge in [-0.15, -0.1) is 0 Å². The van der Waals surface area contributed by atoms with Crippen molar-refractivity contribution in [3.63, 3.8) is 0 Å². The lowest BCUT2D eigenvalue weighted by atomic mass is 9.32. The molecule has 0 amide bonds. The molecule has 5 aliphatic carbocycles. The van der Waals surface area contributed by atoms with Crippen molar-refractivity contribution in [2.24, 2.45) is 56.2 Å². The molecular weight excluding hydrogens is 416 g/mol. The molecule has 0 N–H and O–H groups in total. The average Bonchev–Trinajstić information content (AvgIpc) is 2.70. The van der Waals surface area contributed by atoms with E-state index in [2.05, 4.69) is 55.4 Å². The fourth-order valence-corrected chi connectivity index (χ4v) is 12.0. The van der Waals surface area contributed by atoms with Crippen molar-refractivity contribution in [1.29, 1.82) is 0 Å². The number of carbonyl (C=O) groups is 1. The lowest BCUT2D eigenvalue weighted by Crippen LogP contribution is -2.66. The summed E-state index contributed by atoms with van der Waals surface area (Å²) in [6, 6.07) is 0. The fraction of sp³-hybridized carbons (Fsp3) is 0.969. The van der Waals surface area contributed by atoms with Crippen LogP contribution in [0.1, 0.15) is 133 Å². The van der Waals surface area contributed by atoms with Gasteiger partial charge in [-0.1, -0.05) is 55.4 Å². The summed E-state index contributed by atoms with van der Waals surface area (Å²) in [5.74, 6) is 3.13. The molecule has 5 saturated carbocycles. The second-order valence-electron chi connectivity index (χ2n) is 16.3. The number of hydrogen-bond acceptors (Lipinski definition) is 2. The van der Waals surface area contributed by atoms with Crippen LogP contribution in [-0.2, 0) is 9.53 Å². The predicted molar refractivity (Wildman–Crippen MR) is 140 cm³/mol. The largest absolute Gasteiger partial charge is 0.462 e. The number of hydrogen-bond donors (Lipinski definition) is 0. The van der Waals surface area contributed by atoms with Gasteiger partial charge in [0.25, 0.3) is 0 Å². The summed E-state index contributed by atoms with van der Waals surface area (Å²) in [6.07, 6.45) is 15.1. The van der Waals surface area contributed by atoms with Crippen LogP contribution in [0.2, 0.25) is 0 Å². The molecule has 0 aromatic rings. The number of carbonyl (C=O) groups excluding carboxylic acids is 1. The van der Waals surface area contributed by atoms with Gasteiger partial charge in [-0.2, -0.15) is 0 Å². The molecular formula is C32H54O2. The summed E-state index contributed by atoms with van der Waals surface area (Å²) in [5.41, 5.74) is 2.49. The minimum absolute atomic E-state index is 0.0687. The van der Waals surface area contributed by atoms with E-state index in [4.69, 9.17) is 4.74 Å². The quantitative estimate of drug-likeness (QED) is 0.358. The first-order chi connectivity index (χ1) is 15.6. The van der Waals surface area contributed by atoms with Gasteiger partial charge in [0.05, 0.1) is 0 Å². The third kappa shape index (κ3) is 3.34. The van der Waals surface area contributed by atoms with Crippen LogP contribution in [0.3, 0.4) is 0 Å². The molecule has 0 aliphatic heterocycles. The minimum atomic E-state index is -0.101. The molecule has 0 bridgehead atoms. The van der Waals surface area contributed by atoms with Crippen LogP contribution in [0.25, 0.3) is 0 Å². The molecule has 34 heavy (non-hydrogen) atoms. The molecule has 5 aliphatic rings. The van der Waals surface area contributed by atoms with Crippen molar-refractivity contribution in [3.05, 3.63) is 0 Å². The smallest absolute Gasteiger partial charge is 0.302 e. The van der Waals surface area contributed by atoms with Gasteiger partial charge in [0, 0.05) is 12.3 Å². The van der Waals surface area contributed by atoms with E-state index in [1.807, 2.05) is 0 Å². The van der Waals surface area contributed by atoms with Crippen molar-refractivity contribution >= 4 is 5.97 Å². The first-order valence-corrected chi connectivity index (χ1v) is 14.8. The fourth-order valence-electron chi connectivity index (χ4n) is 12.0. The minimum Gasteiger partial charge on any atom is -0.462 e. The Hall–Kier alpha value is -0.530. The maximum absolute atomic E-state index is 11.9. The zero-order valence-corrected chi connectivity index (χ0v) is 24.0. The topological polar surface area (TPSA) is 26.3 Å². The zero-order chi connectivity index (χ0) is 24.9. The summed E-state index contributed by atoms with van der Waals surface area (Å²) in [7, 11) is 0. The number of esters is 1. The van der Waals surface area contributed by atoms with Crippen molar-refractivity contribution in [3.8, 4) is 0 Å². The summed E-state index contributed by atoms with van der Waals surface area (Å²) in [6.45, 7) is 22.3. The molecule has 0 saturated heterocycles. The molecule has 0 unspecified atom stereocenters. The molecule has 9 atom stereocenters. The highest BCUT2D eigenvalue weighted by Gasteiger charge is 2.69. The van der Waals surface area contributed by atoms with Crippen molar-refractivity contribution in [1.82, 2.24) is 0 Å². The Morgan fingerprint density at radius 2 is 1.12 bits per heavy atom. The third-order valence-corrected chi connectivity index (χ3v) is 13.7. The summed E-state index contributed by atoms with van der Waals surface area (Å²) < 4.78 is 5.91. The van der Waals surface area contributed by atoms with Gasteiger partial charge in [0.15, 0.2) is 0 Å². The Morgan fingerprint density at radius 3 is 1.74 bits per heavy atom. The van der Waals surface area contributed by atoms with Crippen LogP contribution in [-0.4, -0.2) is 12.1 Å². The normalized spacial score (nSPS) is 53.5. The van der Waals surface area contributed by atoms with E-state index in [-0.39, 0.29) is 17.5 Å². The van der Waals surface area contributed by atoms with Gasteiger partial charge in [-0.3, -0.25) is 4.79 Å². The molecule has 0 aromatic heterocycles.